The standard InChI is InChI=1S/C21H16F3N5O4/c22-21(23,24)20(28-16(30)13-7-4-9-25-11-13)14-15(26-18(20)32)29(19(33)27-17(14)31)10-8-12-5-2-1-3-6-12/h1-7,9,11H,8,10H2,(H,26,32)(H,28,30)(H,27,31,33)/t20-/m1/s1. The second-order valence-corrected chi connectivity index (χ2v) is 7.27. The first kappa shape index (κ1) is 22.0. The fraction of sp³-hybridized carbons (Fsp3) is 0.190. The highest BCUT2D eigenvalue weighted by Gasteiger charge is 2.68. The number of carbonyl (C=O) groups is 2. The molecule has 0 saturated heterocycles. The Morgan fingerprint density at radius 1 is 1.09 bits per heavy atom. The number of H-pyrrole nitrogens is 1. The van der Waals surface area contributed by atoms with Crippen LogP contribution in [-0.2, 0) is 23.3 Å². The molecule has 3 N–H and O–H groups in total. The molecule has 1 aliphatic heterocycles. The van der Waals surface area contributed by atoms with Gasteiger partial charge in [-0.2, -0.15) is 13.2 Å². The fourth-order valence-electron chi connectivity index (χ4n) is 3.66. The number of anilines is 1. The third kappa shape index (κ3) is 3.69. The van der Waals surface area contributed by atoms with E-state index in [-0.39, 0.29) is 18.5 Å². The fourth-order valence-corrected chi connectivity index (χ4v) is 3.66. The number of hydrogen-bond donors (Lipinski definition) is 3. The van der Waals surface area contributed by atoms with Gasteiger partial charge in [-0.3, -0.25) is 28.9 Å². The smallest absolute Gasteiger partial charge is 0.326 e. The second-order valence-electron chi connectivity index (χ2n) is 7.27. The number of rotatable bonds is 5. The Bertz CT molecular complexity index is 1340. The molecule has 1 aliphatic rings. The van der Waals surface area contributed by atoms with Gasteiger partial charge in [0.1, 0.15) is 11.4 Å². The van der Waals surface area contributed by atoms with Crippen molar-refractivity contribution in [1.29, 1.82) is 0 Å². The van der Waals surface area contributed by atoms with Crippen LogP contribution < -0.4 is 21.9 Å². The van der Waals surface area contributed by atoms with Crippen molar-refractivity contribution in [3.8, 4) is 0 Å². The Morgan fingerprint density at radius 2 is 1.82 bits per heavy atom. The molecule has 1 aromatic carbocycles. The van der Waals surface area contributed by atoms with E-state index < -0.39 is 46.2 Å². The molecule has 2 aromatic heterocycles. The highest BCUT2D eigenvalue weighted by Crippen LogP contribution is 2.45. The summed E-state index contributed by atoms with van der Waals surface area (Å²) in [5, 5.41) is 3.66. The summed E-state index contributed by atoms with van der Waals surface area (Å²) >= 11 is 0. The topological polar surface area (TPSA) is 126 Å². The van der Waals surface area contributed by atoms with E-state index in [1.54, 1.807) is 35.6 Å². The van der Waals surface area contributed by atoms with Crippen LogP contribution in [0.2, 0.25) is 0 Å². The Hall–Kier alpha value is -4.22. The van der Waals surface area contributed by atoms with Gasteiger partial charge in [0.25, 0.3) is 22.9 Å². The minimum Gasteiger partial charge on any atom is -0.326 e. The molecule has 0 saturated carbocycles. The quantitative estimate of drug-likeness (QED) is 0.531. The van der Waals surface area contributed by atoms with Crippen LogP contribution in [0.3, 0.4) is 0 Å². The number of aryl methyl sites for hydroxylation is 1. The molecule has 3 heterocycles. The van der Waals surface area contributed by atoms with Gasteiger partial charge in [-0.15, -0.1) is 0 Å². The number of aromatic nitrogens is 3. The number of hydrogen-bond acceptors (Lipinski definition) is 5. The zero-order valence-electron chi connectivity index (χ0n) is 16.8. The molecule has 0 fully saturated rings. The number of nitrogens with zero attached hydrogens (tertiary/aromatic N) is 2. The van der Waals surface area contributed by atoms with Crippen molar-refractivity contribution in [2.75, 3.05) is 5.32 Å². The Labute approximate surface area is 183 Å². The number of nitrogens with one attached hydrogen (secondary N) is 3. The van der Waals surface area contributed by atoms with Crippen molar-refractivity contribution in [3.63, 3.8) is 0 Å². The van der Waals surface area contributed by atoms with Crippen LogP contribution in [0.1, 0.15) is 21.5 Å². The van der Waals surface area contributed by atoms with Crippen LogP contribution in [0.4, 0.5) is 19.0 Å². The number of fused-ring (bicyclic) bond motifs is 1. The molecule has 4 rings (SSSR count). The molecule has 2 amide bonds. The van der Waals surface area contributed by atoms with E-state index in [1.165, 1.54) is 18.3 Å². The number of amides is 2. The van der Waals surface area contributed by atoms with Crippen LogP contribution >= 0.6 is 0 Å². The van der Waals surface area contributed by atoms with Crippen molar-refractivity contribution in [2.24, 2.45) is 0 Å². The number of aromatic amines is 1. The van der Waals surface area contributed by atoms with Gasteiger partial charge in [-0.25, -0.2) is 4.79 Å². The molecule has 9 nitrogen and oxygen atoms in total. The first-order valence-corrected chi connectivity index (χ1v) is 9.67. The summed E-state index contributed by atoms with van der Waals surface area (Å²) in [4.78, 5) is 55.8. The zero-order chi connectivity index (χ0) is 23.8. The van der Waals surface area contributed by atoms with E-state index in [4.69, 9.17) is 0 Å². The lowest BCUT2D eigenvalue weighted by molar-refractivity contribution is -0.196. The molecular weight excluding hydrogens is 443 g/mol. The highest BCUT2D eigenvalue weighted by molar-refractivity contribution is 6.09. The maximum atomic E-state index is 14.4. The Morgan fingerprint density at radius 3 is 2.45 bits per heavy atom. The maximum absolute atomic E-state index is 14.4. The predicted octanol–water partition coefficient (Wildman–Crippen LogP) is 1.31. The summed E-state index contributed by atoms with van der Waals surface area (Å²) in [5.74, 6) is -3.59. The predicted molar refractivity (Wildman–Crippen MR) is 110 cm³/mol. The lowest BCUT2D eigenvalue weighted by Crippen LogP contribution is -2.62. The summed E-state index contributed by atoms with van der Waals surface area (Å²) in [6, 6.07) is 11.3. The van der Waals surface area contributed by atoms with Crippen LogP contribution in [0.15, 0.2) is 64.4 Å². The number of carbonyl (C=O) groups excluding carboxylic acids is 2. The number of pyridine rings is 1. The molecule has 0 spiro atoms. The van der Waals surface area contributed by atoms with E-state index in [1.807, 2.05) is 10.3 Å². The average Bonchev–Trinajstić information content (AvgIpc) is 3.08. The minimum atomic E-state index is -5.41. The van der Waals surface area contributed by atoms with Crippen LogP contribution in [0, 0.1) is 0 Å². The highest BCUT2D eigenvalue weighted by atomic mass is 19.4. The van der Waals surface area contributed by atoms with Gasteiger partial charge >= 0.3 is 11.9 Å². The molecule has 12 heteroatoms. The van der Waals surface area contributed by atoms with E-state index in [9.17, 15) is 32.3 Å². The molecule has 33 heavy (non-hydrogen) atoms. The van der Waals surface area contributed by atoms with Gasteiger partial charge in [0.05, 0.1) is 5.56 Å². The summed E-state index contributed by atoms with van der Waals surface area (Å²) < 4.78 is 43.9. The first-order valence-electron chi connectivity index (χ1n) is 9.67. The molecule has 0 aliphatic carbocycles. The van der Waals surface area contributed by atoms with Crippen molar-refractivity contribution < 1.29 is 22.8 Å². The zero-order valence-corrected chi connectivity index (χ0v) is 16.8. The van der Waals surface area contributed by atoms with Gasteiger partial charge in [-0.1, -0.05) is 30.3 Å². The van der Waals surface area contributed by atoms with E-state index in [2.05, 4.69) is 4.98 Å². The van der Waals surface area contributed by atoms with Crippen molar-refractivity contribution >= 4 is 17.6 Å². The third-order valence-corrected chi connectivity index (χ3v) is 5.26. The van der Waals surface area contributed by atoms with E-state index in [0.717, 1.165) is 16.3 Å². The van der Waals surface area contributed by atoms with Crippen molar-refractivity contribution in [1.82, 2.24) is 19.9 Å². The second kappa shape index (κ2) is 8.04. The third-order valence-electron chi connectivity index (χ3n) is 5.26. The lowest BCUT2D eigenvalue weighted by atomic mass is 9.91. The van der Waals surface area contributed by atoms with Gasteiger partial charge < -0.3 is 10.6 Å². The average molecular weight is 459 g/mol. The largest absolute Gasteiger partial charge is 0.425 e. The number of benzene rings is 1. The van der Waals surface area contributed by atoms with E-state index in [0.29, 0.717) is 0 Å². The summed E-state index contributed by atoms with van der Waals surface area (Å²) in [7, 11) is 0. The summed E-state index contributed by atoms with van der Waals surface area (Å²) in [6.45, 7) is -0.132. The van der Waals surface area contributed by atoms with Crippen LogP contribution in [0.5, 0.6) is 0 Å². The first-order chi connectivity index (χ1) is 15.6. The molecule has 0 bridgehead atoms. The molecule has 1 atom stereocenters. The Balaban J connectivity index is 1.84. The van der Waals surface area contributed by atoms with Crippen LogP contribution in [-0.4, -0.2) is 32.5 Å². The molecule has 0 unspecified atom stereocenters. The molecule has 170 valence electrons. The van der Waals surface area contributed by atoms with Crippen molar-refractivity contribution in [3.05, 3.63) is 92.4 Å². The van der Waals surface area contributed by atoms with Crippen LogP contribution in [0.25, 0.3) is 0 Å². The Kier molecular flexibility index (Phi) is 5.36. The normalized spacial score (nSPS) is 17.4. The number of alkyl halides is 3. The van der Waals surface area contributed by atoms with Gasteiger partial charge in [0, 0.05) is 18.9 Å². The van der Waals surface area contributed by atoms with Gasteiger partial charge in [0.2, 0.25) is 0 Å². The summed E-state index contributed by atoms with van der Waals surface area (Å²) in [5.41, 5.74) is -6.72. The molecular formula is C21H16F3N5O4. The molecule has 3 aromatic rings. The summed E-state index contributed by atoms with van der Waals surface area (Å²) in [6.07, 6.45) is -2.85. The van der Waals surface area contributed by atoms with E-state index >= 15 is 0 Å². The maximum Gasteiger partial charge on any atom is 0.425 e. The van der Waals surface area contributed by atoms with Gasteiger partial charge in [0.15, 0.2) is 0 Å². The monoisotopic (exact) mass is 459 g/mol. The van der Waals surface area contributed by atoms with Gasteiger partial charge in [-0.05, 0) is 24.1 Å². The lowest BCUT2D eigenvalue weighted by Gasteiger charge is -2.30. The minimum absolute atomic E-state index is 0.132. The van der Waals surface area contributed by atoms with Crippen molar-refractivity contribution in [2.45, 2.75) is 24.7 Å². The number of halogens is 3. The SMILES string of the molecule is O=C(N[C@@]1(C(F)(F)F)C(=O)Nc2c1c(=O)[nH]c(=O)n2CCc1ccccc1)c1cccnc1. The molecule has 0 radical (unpaired) electrons.